The van der Waals surface area contributed by atoms with E-state index < -0.39 is 10.8 Å². The van der Waals surface area contributed by atoms with Crippen LogP contribution in [-0.2, 0) is 0 Å². The Morgan fingerprint density at radius 1 is 1.38 bits per heavy atom. The Labute approximate surface area is 124 Å². The van der Waals surface area contributed by atoms with Gasteiger partial charge in [0.1, 0.15) is 5.69 Å². The number of carbonyl (C=O) groups is 1. The number of amides is 1. The number of hydrazine groups is 1. The summed E-state index contributed by atoms with van der Waals surface area (Å²) >= 11 is 5.88. The highest BCUT2D eigenvalue weighted by molar-refractivity contribution is 6.33. The highest BCUT2D eigenvalue weighted by atomic mass is 35.5. The first-order valence-corrected chi connectivity index (χ1v) is 6.07. The average Bonchev–Trinajstić information content (AvgIpc) is 2.48. The number of halogens is 1. The highest BCUT2D eigenvalue weighted by Crippen LogP contribution is 2.25. The van der Waals surface area contributed by atoms with Gasteiger partial charge in [0.2, 0.25) is 0 Å². The van der Waals surface area contributed by atoms with Crippen LogP contribution in [0.2, 0.25) is 5.02 Å². The topological polar surface area (TPSA) is 123 Å². The van der Waals surface area contributed by atoms with Gasteiger partial charge in [-0.1, -0.05) is 11.6 Å². The van der Waals surface area contributed by atoms with Crippen LogP contribution in [-0.4, -0.2) is 15.8 Å². The number of nitrogens with zero attached hydrogens (tertiary/aromatic N) is 2. The van der Waals surface area contributed by atoms with Gasteiger partial charge in [0.25, 0.3) is 11.6 Å². The number of nitro groups is 1. The Bertz CT molecular complexity index is 707. The molecule has 0 saturated heterocycles. The summed E-state index contributed by atoms with van der Waals surface area (Å²) in [5.74, 6) is 4.90. The van der Waals surface area contributed by atoms with E-state index in [9.17, 15) is 14.9 Å². The van der Waals surface area contributed by atoms with E-state index in [1.54, 1.807) is 12.1 Å². The molecule has 0 aliphatic carbocycles. The standard InChI is InChI=1S/C12H10ClN5O3/c13-8-2-1-5-15-11(8)16-12(19)7-3-4-10(18(20)21)9(6-7)17-14/h1-6,17H,14H2,(H,15,16,19). The Morgan fingerprint density at radius 3 is 2.76 bits per heavy atom. The SMILES string of the molecule is NNc1cc(C(=O)Nc2ncccc2Cl)ccc1[N+](=O)[O-]. The minimum absolute atomic E-state index is 0.0276. The molecule has 2 aromatic rings. The summed E-state index contributed by atoms with van der Waals surface area (Å²) in [6.07, 6.45) is 1.48. The van der Waals surface area contributed by atoms with E-state index in [0.717, 1.165) is 0 Å². The normalized spacial score (nSPS) is 10.0. The first-order chi connectivity index (χ1) is 10.0. The number of carbonyl (C=O) groups excluding carboxylic acids is 1. The molecule has 9 heteroatoms. The van der Waals surface area contributed by atoms with Gasteiger partial charge in [0.15, 0.2) is 5.82 Å². The molecule has 0 aliphatic heterocycles. The van der Waals surface area contributed by atoms with E-state index >= 15 is 0 Å². The number of nitrogens with one attached hydrogen (secondary N) is 2. The largest absolute Gasteiger partial charge is 0.318 e. The number of nitrogens with two attached hydrogens (primary N) is 1. The number of hydrogen-bond donors (Lipinski definition) is 3. The molecule has 108 valence electrons. The molecule has 0 fully saturated rings. The van der Waals surface area contributed by atoms with Crippen molar-refractivity contribution >= 4 is 34.7 Å². The molecule has 0 bridgehead atoms. The first kappa shape index (κ1) is 14.7. The van der Waals surface area contributed by atoms with Crippen LogP contribution < -0.4 is 16.6 Å². The van der Waals surface area contributed by atoms with Crippen LogP contribution in [0.15, 0.2) is 36.5 Å². The third kappa shape index (κ3) is 3.25. The molecule has 1 heterocycles. The highest BCUT2D eigenvalue weighted by Gasteiger charge is 2.17. The summed E-state index contributed by atoms with van der Waals surface area (Å²) in [6.45, 7) is 0. The second-order valence-corrected chi connectivity index (χ2v) is 4.33. The lowest BCUT2D eigenvalue weighted by Gasteiger charge is -2.07. The van der Waals surface area contributed by atoms with Crippen molar-refractivity contribution in [2.45, 2.75) is 0 Å². The quantitative estimate of drug-likeness (QED) is 0.452. The molecule has 8 nitrogen and oxygen atoms in total. The zero-order valence-corrected chi connectivity index (χ0v) is 11.3. The average molecular weight is 308 g/mol. The summed E-state index contributed by atoms with van der Waals surface area (Å²) in [7, 11) is 0. The second-order valence-electron chi connectivity index (χ2n) is 3.92. The zero-order valence-electron chi connectivity index (χ0n) is 10.5. The van der Waals surface area contributed by atoms with Crippen LogP contribution >= 0.6 is 11.6 Å². The monoisotopic (exact) mass is 307 g/mol. The minimum Gasteiger partial charge on any atom is -0.318 e. The Kier molecular flexibility index (Phi) is 4.31. The summed E-state index contributed by atoms with van der Waals surface area (Å²) < 4.78 is 0. The van der Waals surface area contributed by atoms with Gasteiger partial charge in [-0.15, -0.1) is 0 Å². The van der Waals surface area contributed by atoms with Crippen molar-refractivity contribution in [2.24, 2.45) is 5.84 Å². The van der Waals surface area contributed by atoms with Gasteiger partial charge in [-0.3, -0.25) is 20.8 Å². The summed E-state index contributed by atoms with van der Waals surface area (Å²) in [5, 5.41) is 13.6. The summed E-state index contributed by atoms with van der Waals surface area (Å²) in [4.78, 5) is 26.2. The van der Waals surface area contributed by atoms with Gasteiger partial charge < -0.3 is 10.7 Å². The lowest BCUT2D eigenvalue weighted by Crippen LogP contribution is -2.15. The van der Waals surface area contributed by atoms with Crippen LogP contribution in [0.3, 0.4) is 0 Å². The van der Waals surface area contributed by atoms with Gasteiger partial charge in [-0.05, 0) is 24.3 Å². The van der Waals surface area contributed by atoms with Gasteiger partial charge in [-0.25, -0.2) is 4.98 Å². The molecule has 0 unspecified atom stereocenters. The predicted molar refractivity (Wildman–Crippen MR) is 78.1 cm³/mol. The van der Waals surface area contributed by atoms with Gasteiger partial charge in [0.05, 0.1) is 9.95 Å². The van der Waals surface area contributed by atoms with Gasteiger partial charge in [-0.2, -0.15) is 0 Å². The molecule has 2 rings (SSSR count). The fourth-order valence-electron chi connectivity index (χ4n) is 1.61. The van der Waals surface area contributed by atoms with E-state index in [1.807, 2.05) is 0 Å². The van der Waals surface area contributed by atoms with E-state index in [-0.39, 0.29) is 27.8 Å². The fraction of sp³-hybridized carbons (Fsp3) is 0. The van der Waals surface area contributed by atoms with Crippen LogP contribution in [0.1, 0.15) is 10.4 Å². The van der Waals surface area contributed by atoms with E-state index in [0.29, 0.717) is 0 Å². The van der Waals surface area contributed by atoms with Crippen molar-refractivity contribution in [2.75, 3.05) is 10.7 Å². The van der Waals surface area contributed by atoms with Gasteiger partial charge >= 0.3 is 0 Å². The molecule has 1 aromatic heterocycles. The van der Waals surface area contributed by atoms with E-state index in [1.165, 1.54) is 24.4 Å². The number of nitrogen functional groups attached to an aromatic ring is 1. The number of anilines is 2. The molecule has 0 atom stereocenters. The number of pyridine rings is 1. The maximum Gasteiger partial charge on any atom is 0.293 e. The molecule has 0 saturated carbocycles. The molecule has 0 spiro atoms. The van der Waals surface area contributed by atoms with Crippen molar-refractivity contribution in [3.63, 3.8) is 0 Å². The maximum atomic E-state index is 12.1. The fourth-order valence-corrected chi connectivity index (χ4v) is 1.78. The van der Waals surface area contributed by atoms with Crippen molar-refractivity contribution < 1.29 is 9.72 Å². The number of nitro benzene ring substituents is 1. The van der Waals surface area contributed by atoms with Crippen molar-refractivity contribution in [1.29, 1.82) is 0 Å². The molecule has 21 heavy (non-hydrogen) atoms. The van der Waals surface area contributed by atoms with Crippen LogP contribution in [0.25, 0.3) is 0 Å². The Hall–Kier alpha value is -2.71. The third-order valence-corrected chi connectivity index (χ3v) is 2.91. The molecule has 4 N–H and O–H groups in total. The number of hydrogen-bond acceptors (Lipinski definition) is 6. The molecular weight excluding hydrogens is 298 g/mol. The summed E-state index contributed by atoms with van der Waals surface area (Å²) in [5.41, 5.74) is 2.16. The lowest BCUT2D eigenvalue weighted by atomic mass is 10.1. The number of rotatable bonds is 4. The Morgan fingerprint density at radius 2 is 2.14 bits per heavy atom. The Balaban J connectivity index is 2.28. The number of benzene rings is 1. The van der Waals surface area contributed by atoms with Crippen molar-refractivity contribution in [3.8, 4) is 0 Å². The van der Waals surface area contributed by atoms with Crippen LogP contribution in [0.5, 0.6) is 0 Å². The second kappa shape index (κ2) is 6.16. The minimum atomic E-state index is -0.605. The third-order valence-electron chi connectivity index (χ3n) is 2.60. The van der Waals surface area contributed by atoms with Crippen molar-refractivity contribution in [1.82, 2.24) is 4.98 Å². The van der Waals surface area contributed by atoms with Gasteiger partial charge in [0, 0.05) is 17.8 Å². The van der Waals surface area contributed by atoms with E-state index in [2.05, 4.69) is 15.7 Å². The molecule has 1 aromatic carbocycles. The predicted octanol–water partition coefficient (Wildman–Crippen LogP) is 2.18. The zero-order chi connectivity index (χ0) is 15.4. The smallest absolute Gasteiger partial charge is 0.293 e. The maximum absolute atomic E-state index is 12.1. The molecule has 1 amide bonds. The molecular formula is C12H10ClN5O3. The number of aromatic nitrogens is 1. The molecule has 0 radical (unpaired) electrons. The van der Waals surface area contributed by atoms with Crippen molar-refractivity contribution in [3.05, 3.63) is 57.2 Å². The van der Waals surface area contributed by atoms with Crippen LogP contribution in [0.4, 0.5) is 17.2 Å². The first-order valence-electron chi connectivity index (χ1n) is 5.70. The van der Waals surface area contributed by atoms with Crippen LogP contribution in [0, 0.1) is 10.1 Å². The molecule has 0 aliphatic rings. The summed E-state index contributed by atoms with van der Waals surface area (Å²) in [6, 6.07) is 6.97. The van der Waals surface area contributed by atoms with E-state index in [4.69, 9.17) is 17.4 Å². The lowest BCUT2D eigenvalue weighted by molar-refractivity contribution is -0.384.